The molecule has 0 aliphatic heterocycles. The quantitative estimate of drug-likeness (QED) is 0.619. The van der Waals surface area contributed by atoms with Gasteiger partial charge in [-0.25, -0.2) is 4.79 Å². The lowest BCUT2D eigenvalue weighted by Gasteiger charge is -2.15. The second-order valence-corrected chi connectivity index (χ2v) is 4.62. The van der Waals surface area contributed by atoms with Crippen molar-refractivity contribution in [3.8, 4) is 5.75 Å². The molecular formula is C13H15BrO4. The Labute approximate surface area is 114 Å². The van der Waals surface area contributed by atoms with Gasteiger partial charge in [0.15, 0.2) is 11.9 Å². The number of carbonyl (C=O) groups excluding carboxylic acids is 2. The highest BCUT2D eigenvalue weighted by molar-refractivity contribution is 9.10. The Morgan fingerprint density at radius 2 is 2.06 bits per heavy atom. The van der Waals surface area contributed by atoms with Gasteiger partial charge in [0.2, 0.25) is 0 Å². The number of carbonyl (C=O) groups is 2. The standard InChI is InChI=1S/C13H15BrO4/c1-4-17-13(16)9(3)18-12-6-5-10(14)7-11(12)8(2)15/h5-7,9H,4H2,1-3H3. The Bertz CT molecular complexity index is 456. The Morgan fingerprint density at radius 1 is 1.39 bits per heavy atom. The van der Waals surface area contributed by atoms with Gasteiger partial charge in [0.05, 0.1) is 12.2 Å². The summed E-state index contributed by atoms with van der Waals surface area (Å²) in [5.74, 6) is -0.191. The first-order valence-electron chi connectivity index (χ1n) is 5.59. The zero-order valence-corrected chi connectivity index (χ0v) is 12.1. The first-order chi connectivity index (χ1) is 8.45. The Hall–Kier alpha value is -1.36. The SMILES string of the molecule is CCOC(=O)C(C)Oc1ccc(Br)cc1C(C)=O. The molecule has 0 saturated carbocycles. The van der Waals surface area contributed by atoms with Gasteiger partial charge in [-0.3, -0.25) is 4.79 Å². The number of benzene rings is 1. The summed E-state index contributed by atoms with van der Waals surface area (Å²) in [6.45, 7) is 5.06. The van der Waals surface area contributed by atoms with Gasteiger partial charge in [0.25, 0.3) is 0 Å². The van der Waals surface area contributed by atoms with E-state index in [9.17, 15) is 9.59 Å². The molecule has 1 atom stereocenters. The zero-order valence-electron chi connectivity index (χ0n) is 10.5. The van der Waals surface area contributed by atoms with Gasteiger partial charge in [-0.2, -0.15) is 0 Å². The first-order valence-corrected chi connectivity index (χ1v) is 6.38. The molecule has 98 valence electrons. The van der Waals surface area contributed by atoms with Crippen molar-refractivity contribution in [1.82, 2.24) is 0 Å². The lowest BCUT2D eigenvalue weighted by molar-refractivity contribution is -0.150. The van der Waals surface area contributed by atoms with Crippen molar-refractivity contribution in [2.45, 2.75) is 26.9 Å². The number of ketones is 1. The molecular weight excluding hydrogens is 300 g/mol. The molecule has 0 aromatic heterocycles. The van der Waals surface area contributed by atoms with Crippen molar-refractivity contribution in [3.05, 3.63) is 28.2 Å². The highest BCUT2D eigenvalue weighted by Gasteiger charge is 2.18. The van der Waals surface area contributed by atoms with Crippen molar-refractivity contribution in [3.63, 3.8) is 0 Å². The van der Waals surface area contributed by atoms with E-state index >= 15 is 0 Å². The summed E-state index contributed by atoms with van der Waals surface area (Å²) in [6, 6.07) is 5.06. The van der Waals surface area contributed by atoms with Crippen molar-refractivity contribution in [1.29, 1.82) is 0 Å². The molecule has 1 aromatic carbocycles. The van der Waals surface area contributed by atoms with Crippen LogP contribution in [0.5, 0.6) is 5.75 Å². The number of esters is 1. The molecule has 0 radical (unpaired) electrons. The summed E-state index contributed by atoms with van der Waals surface area (Å²) in [5.41, 5.74) is 0.431. The minimum Gasteiger partial charge on any atom is -0.478 e. The van der Waals surface area contributed by atoms with Crippen LogP contribution in [0.1, 0.15) is 31.1 Å². The van der Waals surface area contributed by atoms with Crippen molar-refractivity contribution in [2.24, 2.45) is 0 Å². The summed E-state index contributed by atoms with van der Waals surface area (Å²) < 4.78 is 11.1. The predicted molar refractivity (Wildman–Crippen MR) is 70.9 cm³/mol. The van der Waals surface area contributed by atoms with E-state index in [-0.39, 0.29) is 5.78 Å². The Balaban J connectivity index is 2.90. The minimum atomic E-state index is -0.746. The number of halogens is 1. The van der Waals surface area contributed by atoms with Crippen LogP contribution in [0.3, 0.4) is 0 Å². The molecule has 0 fully saturated rings. The molecule has 0 spiro atoms. The fourth-order valence-corrected chi connectivity index (χ4v) is 1.74. The third kappa shape index (κ3) is 3.84. The molecule has 0 aliphatic rings. The zero-order chi connectivity index (χ0) is 13.7. The Morgan fingerprint density at radius 3 is 2.61 bits per heavy atom. The summed E-state index contributed by atoms with van der Waals surface area (Å²) >= 11 is 3.29. The van der Waals surface area contributed by atoms with Gasteiger partial charge >= 0.3 is 5.97 Å². The highest BCUT2D eigenvalue weighted by Crippen LogP contribution is 2.24. The van der Waals surface area contributed by atoms with E-state index in [2.05, 4.69) is 15.9 Å². The third-order valence-electron chi connectivity index (χ3n) is 2.24. The van der Waals surface area contributed by atoms with E-state index in [0.29, 0.717) is 17.9 Å². The van der Waals surface area contributed by atoms with Crippen molar-refractivity contribution < 1.29 is 19.1 Å². The van der Waals surface area contributed by atoms with Gasteiger partial charge < -0.3 is 9.47 Å². The molecule has 0 heterocycles. The molecule has 1 rings (SSSR count). The largest absolute Gasteiger partial charge is 0.478 e. The van der Waals surface area contributed by atoms with Gasteiger partial charge in [-0.1, -0.05) is 15.9 Å². The van der Waals surface area contributed by atoms with Crippen LogP contribution in [0.2, 0.25) is 0 Å². The lowest BCUT2D eigenvalue weighted by atomic mass is 10.1. The van der Waals surface area contributed by atoms with E-state index in [4.69, 9.17) is 9.47 Å². The topological polar surface area (TPSA) is 52.6 Å². The third-order valence-corrected chi connectivity index (χ3v) is 2.74. The van der Waals surface area contributed by atoms with Crippen LogP contribution in [-0.2, 0) is 9.53 Å². The van der Waals surface area contributed by atoms with E-state index in [1.807, 2.05) is 0 Å². The van der Waals surface area contributed by atoms with E-state index < -0.39 is 12.1 Å². The van der Waals surface area contributed by atoms with E-state index in [0.717, 1.165) is 4.47 Å². The molecule has 0 amide bonds. The van der Waals surface area contributed by atoms with Gasteiger partial charge in [-0.05, 0) is 39.0 Å². The molecule has 0 aliphatic carbocycles. The second-order valence-electron chi connectivity index (χ2n) is 3.71. The predicted octanol–water partition coefficient (Wildman–Crippen LogP) is 2.98. The van der Waals surface area contributed by atoms with Crippen LogP contribution in [0, 0.1) is 0 Å². The summed E-state index contributed by atoms with van der Waals surface area (Å²) in [4.78, 5) is 22.9. The molecule has 4 nitrogen and oxygen atoms in total. The van der Waals surface area contributed by atoms with E-state index in [1.165, 1.54) is 6.92 Å². The van der Waals surface area contributed by atoms with Crippen LogP contribution < -0.4 is 4.74 Å². The number of ether oxygens (including phenoxy) is 2. The smallest absolute Gasteiger partial charge is 0.347 e. The van der Waals surface area contributed by atoms with Crippen LogP contribution in [-0.4, -0.2) is 24.5 Å². The minimum absolute atomic E-state index is 0.123. The number of Topliss-reactive ketones (excluding diaryl/α,β-unsaturated/α-hetero) is 1. The van der Waals surface area contributed by atoms with Gasteiger partial charge in [0, 0.05) is 4.47 Å². The second kappa shape index (κ2) is 6.54. The van der Waals surface area contributed by atoms with Gasteiger partial charge in [-0.15, -0.1) is 0 Å². The van der Waals surface area contributed by atoms with Crippen molar-refractivity contribution in [2.75, 3.05) is 6.61 Å². The lowest BCUT2D eigenvalue weighted by Crippen LogP contribution is -2.26. The fourth-order valence-electron chi connectivity index (χ4n) is 1.38. The first kappa shape index (κ1) is 14.7. The average Bonchev–Trinajstić information content (AvgIpc) is 2.31. The van der Waals surface area contributed by atoms with Crippen LogP contribution in [0.25, 0.3) is 0 Å². The molecule has 0 bridgehead atoms. The Kier molecular flexibility index (Phi) is 5.34. The molecule has 1 unspecified atom stereocenters. The number of hydrogen-bond acceptors (Lipinski definition) is 4. The number of hydrogen-bond donors (Lipinski definition) is 0. The fraction of sp³-hybridized carbons (Fsp3) is 0.385. The maximum atomic E-state index is 11.5. The maximum Gasteiger partial charge on any atom is 0.347 e. The summed E-state index contributed by atoms with van der Waals surface area (Å²) in [7, 11) is 0. The van der Waals surface area contributed by atoms with Gasteiger partial charge in [0.1, 0.15) is 5.75 Å². The van der Waals surface area contributed by atoms with Crippen molar-refractivity contribution >= 4 is 27.7 Å². The summed E-state index contributed by atoms with van der Waals surface area (Å²) in [6.07, 6.45) is -0.746. The molecule has 5 heteroatoms. The monoisotopic (exact) mass is 314 g/mol. The highest BCUT2D eigenvalue weighted by atomic mass is 79.9. The molecule has 1 aromatic rings. The number of rotatable bonds is 5. The summed E-state index contributed by atoms with van der Waals surface area (Å²) in [5, 5.41) is 0. The van der Waals surface area contributed by atoms with Crippen LogP contribution in [0.4, 0.5) is 0 Å². The normalized spacial score (nSPS) is 11.8. The maximum absolute atomic E-state index is 11.5. The van der Waals surface area contributed by atoms with E-state index in [1.54, 1.807) is 32.0 Å². The average molecular weight is 315 g/mol. The van der Waals surface area contributed by atoms with Crippen LogP contribution >= 0.6 is 15.9 Å². The van der Waals surface area contributed by atoms with Crippen LogP contribution in [0.15, 0.2) is 22.7 Å². The molecule has 0 saturated heterocycles. The molecule has 18 heavy (non-hydrogen) atoms. The molecule has 0 N–H and O–H groups in total.